The van der Waals surface area contributed by atoms with E-state index in [1.165, 1.54) is 11.5 Å². The third kappa shape index (κ3) is 3.27. The molecule has 4 nitrogen and oxygen atoms in total. The van der Waals surface area contributed by atoms with E-state index in [1.54, 1.807) is 31.1 Å². The minimum Gasteiger partial charge on any atom is -0.444 e. The van der Waals surface area contributed by atoms with Crippen LogP contribution in [0.1, 0.15) is 11.3 Å². The summed E-state index contributed by atoms with van der Waals surface area (Å²) in [6, 6.07) is 13.8. The molecule has 0 radical (unpaired) electrons. The minimum atomic E-state index is 0.500. The molecule has 108 valence electrons. The third-order valence-electron chi connectivity index (χ3n) is 2.86. The Kier molecular flexibility index (Phi) is 4.37. The zero-order chi connectivity index (χ0) is 15.4. The van der Waals surface area contributed by atoms with Crippen LogP contribution in [-0.2, 0) is 0 Å². The van der Waals surface area contributed by atoms with E-state index < -0.39 is 0 Å². The van der Waals surface area contributed by atoms with Crippen molar-refractivity contribution in [1.82, 2.24) is 9.36 Å². The molecule has 0 aliphatic rings. The van der Waals surface area contributed by atoms with Crippen molar-refractivity contribution in [3.8, 4) is 16.9 Å². The number of rotatable bonds is 4. The molecule has 0 bridgehead atoms. The quantitative estimate of drug-likeness (QED) is 0.698. The Morgan fingerprint density at radius 3 is 2.45 bits per heavy atom. The van der Waals surface area contributed by atoms with Crippen LogP contribution in [0.25, 0.3) is 0 Å². The number of hydrogen-bond acceptors (Lipinski definition) is 6. The number of aromatic nitrogens is 2. The first-order valence-electron chi connectivity index (χ1n) is 6.48. The van der Waals surface area contributed by atoms with Gasteiger partial charge in [-0.25, -0.2) is 0 Å². The highest BCUT2D eigenvalue weighted by atomic mass is 32.2. The first-order chi connectivity index (χ1) is 10.8. The van der Waals surface area contributed by atoms with Gasteiger partial charge in [0.2, 0.25) is 5.06 Å². The summed E-state index contributed by atoms with van der Waals surface area (Å²) in [5.74, 6) is 0.694. The summed E-state index contributed by atoms with van der Waals surface area (Å²) in [5.41, 5.74) is 1.20. The number of aryl methyl sites for hydroxylation is 1. The molecule has 3 rings (SSSR count). The minimum absolute atomic E-state index is 0.500. The van der Waals surface area contributed by atoms with Crippen molar-refractivity contribution >= 4 is 23.3 Å². The second kappa shape index (κ2) is 6.60. The SMILES string of the molecule is Cc1nsc(Oc2ccc(Sc3ccncc3)cc2)c1C#N. The van der Waals surface area contributed by atoms with Gasteiger partial charge in [-0.05, 0) is 43.3 Å². The Labute approximate surface area is 136 Å². The topological polar surface area (TPSA) is 58.8 Å². The van der Waals surface area contributed by atoms with E-state index in [-0.39, 0.29) is 0 Å². The zero-order valence-corrected chi connectivity index (χ0v) is 13.3. The van der Waals surface area contributed by atoms with Crippen LogP contribution in [0.4, 0.5) is 0 Å². The molecule has 2 aromatic heterocycles. The predicted molar refractivity (Wildman–Crippen MR) is 86.4 cm³/mol. The zero-order valence-electron chi connectivity index (χ0n) is 11.7. The van der Waals surface area contributed by atoms with Crippen LogP contribution in [0.15, 0.2) is 58.6 Å². The average Bonchev–Trinajstić information content (AvgIpc) is 2.90. The van der Waals surface area contributed by atoms with Crippen molar-refractivity contribution in [3.05, 3.63) is 60.0 Å². The van der Waals surface area contributed by atoms with Crippen LogP contribution in [0, 0.1) is 18.3 Å². The molecule has 0 spiro atoms. The molecule has 0 saturated heterocycles. The molecule has 22 heavy (non-hydrogen) atoms. The number of hydrogen-bond donors (Lipinski definition) is 0. The van der Waals surface area contributed by atoms with Crippen LogP contribution in [-0.4, -0.2) is 9.36 Å². The van der Waals surface area contributed by atoms with Crippen molar-refractivity contribution in [2.24, 2.45) is 0 Å². The van der Waals surface area contributed by atoms with Gasteiger partial charge in [0.05, 0.1) is 5.69 Å². The number of nitrogens with zero attached hydrogens (tertiary/aromatic N) is 3. The van der Waals surface area contributed by atoms with Crippen molar-refractivity contribution in [2.45, 2.75) is 16.7 Å². The van der Waals surface area contributed by atoms with Gasteiger partial charge in [-0.1, -0.05) is 11.8 Å². The number of ether oxygens (including phenoxy) is 1. The van der Waals surface area contributed by atoms with E-state index >= 15 is 0 Å². The van der Waals surface area contributed by atoms with Crippen molar-refractivity contribution < 1.29 is 4.74 Å². The van der Waals surface area contributed by atoms with Gasteiger partial charge in [0, 0.05) is 33.7 Å². The van der Waals surface area contributed by atoms with E-state index in [9.17, 15) is 0 Å². The lowest BCUT2D eigenvalue weighted by atomic mass is 10.3. The molecule has 6 heteroatoms. The molecule has 0 fully saturated rings. The second-order valence-corrected chi connectivity index (χ2v) is 6.28. The molecule has 0 aliphatic heterocycles. The van der Waals surface area contributed by atoms with E-state index in [0.717, 1.165) is 9.79 Å². The van der Waals surface area contributed by atoms with Crippen molar-refractivity contribution in [2.75, 3.05) is 0 Å². The van der Waals surface area contributed by atoms with Gasteiger partial charge in [0.25, 0.3) is 0 Å². The Morgan fingerprint density at radius 2 is 1.77 bits per heavy atom. The maximum absolute atomic E-state index is 9.10. The summed E-state index contributed by atoms with van der Waals surface area (Å²) in [6.45, 7) is 1.80. The molecule has 0 N–H and O–H groups in total. The van der Waals surface area contributed by atoms with E-state index in [4.69, 9.17) is 10.00 Å². The van der Waals surface area contributed by atoms with Gasteiger partial charge < -0.3 is 4.74 Å². The molecule has 0 amide bonds. The lowest BCUT2D eigenvalue weighted by Crippen LogP contribution is -1.85. The summed E-state index contributed by atoms with van der Waals surface area (Å²) >= 11 is 2.85. The fraction of sp³-hybridized carbons (Fsp3) is 0.0625. The molecule has 0 atom stereocenters. The normalized spacial score (nSPS) is 10.2. The van der Waals surface area contributed by atoms with Gasteiger partial charge in [-0.2, -0.15) is 9.64 Å². The Balaban J connectivity index is 1.73. The Hall–Kier alpha value is -2.36. The smallest absolute Gasteiger partial charge is 0.218 e. The Bertz CT molecular complexity index is 808. The lowest BCUT2D eigenvalue weighted by molar-refractivity contribution is 0.494. The van der Waals surface area contributed by atoms with Crippen LogP contribution in [0.3, 0.4) is 0 Å². The highest BCUT2D eigenvalue weighted by molar-refractivity contribution is 7.99. The number of nitriles is 1. The number of pyridine rings is 1. The second-order valence-electron chi connectivity index (χ2n) is 4.40. The summed E-state index contributed by atoms with van der Waals surface area (Å²) in [4.78, 5) is 6.25. The van der Waals surface area contributed by atoms with Gasteiger partial charge in [0.15, 0.2) is 0 Å². The highest BCUT2D eigenvalue weighted by Gasteiger charge is 2.12. The highest BCUT2D eigenvalue weighted by Crippen LogP contribution is 2.33. The van der Waals surface area contributed by atoms with E-state index in [2.05, 4.69) is 15.4 Å². The van der Waals surface area contributed by atoms with Gasteiger partial charge in [-0.15, -0.1) is 0 Å². The molecule has 1 aromatic carbocycles. The van der Waals surface area contributed by atoms with Crippen LogP contribution < -0.4 is 4.74 Å². The lowest BCUT2D eigenvalue weighted by Gasteiger charge is -2.05. The molecular weight excluding hydrogens is 314 g/mol. The van der Waals surface area contributed by atoms with Crippen LogP contribution in [0.2, 0.25) is 0 Å². The fourth-order valence-corrected chi connectivity index (χ4v) is 3.30. The fourth-order valence-electron chi connectivity index (χ4n) is 1.77. The first-order valence-corrected chi connectivity index (χ1v) is 8.07. The van der Waals surface area contributed by atoms with Crippen molar-refractivity contribution in [1.29, 1.82) is 5.26 Å². The Morgan fingerprint density at radius 1 is 1.09 bits per heavy atom. The largest absolute Gasteiger partial charge is 0.444 e. The van der Waals surface area contributed by atoms with Crippen LogP contribution in [0.5, 0.6) is 10.8 Å². The molecule has 0 unspecified atom stereocenters. The first kappa shape index (κ1) is 14.6. The maximum Gasteiger partial charge on any atom is 0.218 e. The summed E-state index contributed by atoms with van der Waals surface area (Å²) in [6.07, 6.45) is 3.55. The van der Waals surface area contributed by atoms with Crippen LogP contribution >= 0.6 is 23.3 Å². The molecule has 0 aliphatic carbocycles. The van der Waals surface area contributed by atoms with Crippen molar-refractivity contribution in [3.63, 3.8) is 0 Å². The molecule has 3 aromatic rings. The monoisotopic (exact) mass is 325 g/mol. The van der Waals surface area contributed by atoms with E-state index in [0.29, 0.717) is 22.1 Å². The van der Waals surface area contributed by atoms with E-state index in [1.807, 2.05) is 36.4 Å². The maximum atomic E-state index is 9.10. The molecular formula is C16H11N3OS2. The van der Waals surface area contributed by atoms with Gasteiger partial charge in [-0.3, -0.25) is 4.98 Å². The third-order valence-corrected chi connectivity index (χ3v) is 4.70. The molecule has 0 saturated carbocycles. The standard InChI is InChI=1S/C16H11N3OS2/c1-11-15(10-17)16(22-19-11)20-12-2-4-13(5-3-12)21-14-6-8-18-9-7-14/h2-9H,1H3. The summed E-state index contributed by atoms with van der Waals surface area (Å²) < 4.78 is 9.88. The van der Waals surface area contributed by atoms with Gasteiger partial charge >= 0.3 is 0 Å². The summed E-state index contributed by atoms with van der Waals surface area (Å²) in [5, 5.41) is 9.64. The summed E-state index contributed by atoms with van der Waals surface area (Å²) in [7, 11) is 0. The number of benzene rings is 1. The average molecular weight is 325 g/mol. The predicted octanol–water partition coefficient (Wildman–Crippen LogP) is 4.66. The van der Waals surface area contributed by atoms with Gasteiger partial charge in [0.1, 0.15) is 17.4 Å². The molecule has 2 heterocycles.